The van der Waals surface area contributed by atoms with Gasteiger partial charge in [0.2, 0.25) is 0 Å². The average Bonchev–Trinajstić information content (AvgIpc) is 3.75. The van der Waals surface area contributed by atoms with E-state index < -0.39 is 78.6 Å². The first-order chi connectivity index (χ1) is 32.7. The van der Waals surface area contributed by atoms with Crippen LogP contribution in [-0.2, 0) is 0 Å². The van der Waals surface area contributed by atoms with Gasteiger partial charge in [0.15, 0.2) is 0 Å². The fourth-order valence-electron chi connectivity index (χ4n) is 8.00. The second kappa shape index (κ2) is 12.7. The number of rotatable bonds is 5. The summed E-state index contributed by atoms with van der Waals surface area (Å²) < 4.78 is 125. The average molecular weight is 712 g/mol. The third-order valence-electron chi connectivity index (χ3n) is 10.4. The maximum absolute atomic E-state index is 9.61. The molecule has 1 aromatic heterocycles. The Balaban J connectivity index is 1.25. The minimum Gasteiger partial charge on any atom is -0.455 e. The topological polar surface area (TPSA) is 13.1 Å². The normalized spacial score (nSPS) is 14.9. The van der Waals surface area contributed by atoms with Crippen molar-refractivity contribution in [2.45, 2.75) is 0 Å². The van der Waals surface area contributed by atoms with Crippen LogP contribution >= 0.6 is 0 Å². The van der Waals surface area contributed by atoms with E-state index in [4.69, 9.17) is 16.8 Å². The van der Waals surface area contributed by atoms with E-state index in [0.29, 0.717) is 21.9 Å². The van der Waals surface area contributed by atoms with Crippen molar-refractivity contribution in [3.63, 3.8) is 0 Å². The summed E-state index contributed by atoms with van der Waals surface area (Å²) in [6.07, 6.45) is 0. The molecule has 0 atom stereocenters. The lowest BCUT2D eigenvalue weighted by Crippen LogP contribution is -1.94. The summed E-state index contributed by atoms with van der Waals surface area (Å²) in [5.41, 5.74) is 5.43. The quantitative estimate of drug-likeness (QED) is 0.162. The number of furan rings is 1. The minimum atomic E-state index is -0.605. The highest BCUT2D eigenvalue weighted by Crippen LogP contribution is 2.48. The summed E-state index contributed by atoms with van der Waals surface area (Å²) in [7, 11) is 0. The zero-order valence-electron chi connectivity index (χ0n) is 42.0. The van der Waals surface area contributed by atoms with Crippen molar-refractivity contribution >= 4 is 54.3 Å². The van der Waals surface area contributed by atoms with Crippen molar-refractivity contribution in [1.82, 2.24) is 0 Å². The monoisotopic (exact) mass is 711 g/mol. The minimum absolute atomic E-state index is 0.00562. The van der Waals surface area contributed by atoms with Gasteiger partial charge in [0.1, 0.15) is 11.2 Å². The molecule has 0 saturated heterocycles. The largest absolute Gasteiger partial charge is 0.455 e. The standard InChI is InChI=1S/C54H34O/c1-2-16-36(17-3-1)51-41-22-5-4-15-35(41)31-32-49(51)53-46-26-8-6-24-44(46)52(45-25-7-9-27-47(45)53)40-21-13-19-38(34-40)37-18-12-20-39(33-37)42-28-14-29-48-43-23-10-11-30-50(43)55-54(42)48/h1-34H/i1D,2D,3D,6D,7D,8D,9D,16D,17D,24D,25D,26D,27D. The van der Waals surface area contributed by atoms with Crippen molar-refractivity contribution in [2.75, 3.05) is 0 Å². The Morgan fingerprint density at radius 1 is 0.327 bits per heavy atom. The zero-order chi connectivity index (χ0) is 47.6. The fraction of sp³-hybridized carbons (Fsp3) is 0. The van der Waals surface area contributed by atoms with Crippen LogP contribution in [0.25, 0.3) is 110 Å². The maximum atomic E-state index is 9.61. The molecule has 0 bridgehead atoms. The Morgan fingerprint density at radius 3 is 1.64 bits per heavy atom. The molecule has 0 spiro atoms. The first kappa shape index (κ1) is 20.9. The maximum Gasteiger partial charge on any atom is 0.143 e. The number of benzene rings is 10. The van der Waals surface area contributed by atoms with Crippen molar-refractivity contribution in [1.29, 1.82) is 0 Å². The SMILES string of the molecule is [2H]c1c([2H])c([2H])c(-c2c(-c3c4c([2H])c([2H])c([2H])c([2H])c4c(-c4cccc(-c5cccc(-c6cccc7c6oc6ccccc67)c5)c4)c4c([2H])c([2H])c([2H])c([2H])c34)ccc3ccccc23)c([2H])c1[2H]. The lowest BCUT2D eigenvalue weighted by molar-refractivity contribution is 0.670. The van der Waals surface area contributed by atoms with Gasteiger partial charge in [0, 0.05) is 16.3 Å². The predicted octanol–water partition coefficient (Wildman–Crippen LogP) is 15.4. The van der Waals surface area contributed by atoms with E-state index in [1.165, 1.54) is 0 Å². The molecule has 0 aliphatic carbocycles. The summed E-state index contributed by atoms with van der Waals surface area (Å²) in [5, 5.41) is 2.87. The van der Waals surface area contributed by atoms with E-state index in [9.17, 15) is 5.48 Å². The Morgan fingerprint density at radius 2 is 0.891 bits per heavy atom. The van der Waals surface area contributed by atoms with Crippen molar-refractivity contribution in [3.8, 4) is 55.6 Å². The summed E-state index contributed by atoms with van der Waals surface area (Å²) in [6.45, 7) is 0. The van der Waals surface area contributed by atoms with Gasteiger partial charge in [-0.05, 0) is 101 Å². The first-order valence-corrected chi connectivity index (χ1v) is 17.9. The van der Waals surface area contributed by atoms with Crippen LogP contribution in [-0.4, -0.2) is 0 Å². The molecule has 0 aliphatic heterocycles. The molecule has 0 unspecified atom stereocenters. The number of hydrogen-bond acceptors (Lipinski definition) is 1. The van der Waals surface area contributed by atoms with Crippen LogP contribution < -0.4 is 0 Å². The van der Waals surface area contributed by atoms with E-state index in [2.05, 4.69) is 0 Å². The smallest absolute Gasteiger partial charge is 0.143 e. The second-order valence-corrected chi connectivity index (χ2v) is 13.4. The summed E-state index contributed by atoms with van der Waals surface area (Å²) in [4.78, 5) is 0. The van der Waals surface area contributed by atoms with Gasteiger partial charge in [-0.3, -0.25) is 0 Å². The van der Waals surface area contributed by atoms with Crippen molar-refractivity contribution < 1.29 is 22.2 Å². The Bertz CT molecular complexity index is 3920. The molecule has 55 heavy (non-hydrogen) atoms. The molecule has 0 aliphatic rings. The molecule has 0 N–H and O–H groups in total. The van der Waals surface area contributed by atoms with E-state index in [1.54, 1.807) is 48.5 Å². The number of para-hydroxylation sites is 2. The Kier molecular flexibility index (Phi) is 4.83. The number of fused-ring (bicyclic) bond motifs is 6. The van der Waals surface area contributed by atoms with E-state index in [0.717, 1.165) is 38.6 Å². The molecule has 1 heteroatoms. The van der Waals surface area contributed by atoms with Crippen LogP contribution in [0, 0.1) is 0 Å². The van der Waals surface area contributed by atoms with Crippen LogP contribution in [0.5, 0.6) is 0 Å². The molecule has 11 rings (SSSR count). The highest BCUT2D eigenvalue weighted by atomic mass is 16.3. The summed E-state index contributed by atoms with van der Waals surface area (Å²) in [6, 6.07) is 32.4. The zero-order valence-corrected chi connectivity index (χ0v) is 29.0. The molecule has 0 fully saturated rings. The summed E-state index contributed by atoms with van der Waals surface area (Å²) >= 11 is 0. The van der Waals surface area contributed by atoms with Crippen LogP contribution in [0.4, 0.5) is 0 Å². The van der Waals surface area contributed by atoms with Gasteiger partial charge in [0.25, 0.3) is 0 Å². The van der Waals surface area contributed by atoms with Crippen molar-refractivity contribution in [3.05, 3.63) is 206 Å². The van der Waals surface area contributed by atoms with Gasteiger partial charge < -0.3 is 4.42 Å². The molecular weight excluding hydrogens is 665 g/mol. The molecule has 1 heterocycles. The Hall–Kier alpha value is -7.22. The van der Waals surface area contributed by atoms with Crippen molar-refractivity contribution in [2.24, 2.45) is 0 Å². The van der Waals surface area contributed by atoms with Crippen LogP contribution in [0.2, 0.25) is 0 Å². The lowest BCUT2D eigenvalue weighted by Gasteiger charge is -2.21. The van der Waals surface area contributed by atoms with Crippen LogP contribution in [0.1, 0.15) is 17.8 Å². The van der Waals surface area contributed by atoms with Crippen LogP contribution in [0.3, 0.4) is 0 Å². The van der Waals surface area contributed by atoms with E-state index in [1.807, 2.05) is 78.9 Å². The van der Waals surface area contributed by atoms with Gasteiger partial charge in [-0.1, -0.05) is 188 Å². The number of hydrogen-bond donors (Lipinski definition) is 0. The third-order valence-corrected chi connectivity index (χ3v) is 10.4. The van der Waals surface area contributed by atoms with Gasteiger partial charge in [-0.15, -0.1) is 0 Å². The molecule has 0 radical (unpaired) electrons. The molecule has 1 nitrogen and oxygen atoms in total. The molecule has 0 amide bonds. The Labute approximate surface area is 337 Å². The van der Waals surface area contributed by atoms with E-state index in [-0.39, 0.29) is 49.4 Å². The second-order valence-electron chi connectivity index (χ2n) is 13.4. The van der Waals surface area contributed by atoms with Gasteiger partial charge in [0.05, 0.1) is 17.8 Å². The lowest BCUT2D eigenvalue weighted by atomic mass is 9.82. The fourth-order valence-corrected chi connectivity index (χ4v) is 8.00. The van der Waals surface area contributed by atoms with Gasteiger partial charge in [-0.25, -0.2) is 0 Å². The molecule has 256 valence electrons. The molecule has 0 saturated carbocycles. The molecule has 11 aromatic rings. The highest BCUT2D eigenvalue weighted by molar-refractivity contribution is 6.24. The third kappa shape index (κ3) is 5.09. The summed E-state index contributed by atoms with van der Waals surface area (Å²) in [5.74, 6) is 0. The molecule has 10 aromatic carbocycles. The predicted molar refractivity (Wildman–Crippen MR) is 233 cm³/mol. The highest BCUT2D eigenvalue weighted by Gasteiger charge is 2.21. The van der Waals surface area contributed by atoms with Gasteiger partial charge >= 0.3 is 0 Å². The van der Waals surface area contributed by atoms with Crippen LogP contribution in [0.15, 0.2) is 210 Å². The van der Waals surface area contributed by atoms with E-state index >= 15 is 0 Å². The first-order valence-electron chi connectivity index (χ1n) is 24.4. The molecular formula is C54H34O. The van der Waals surface area contributed by atoms with Gasteiger partial charge in [-0.2, -0.15) is 0 Å².